The first kappa shape index (κ1) is 7.32. The highest BCUT2D eigenvalue weighted by Gasteiger charge is 1.56. The van der Waals surface area contributed by atoms with E-state index in [4.69, 9.17) is 11.6 Å². The highest BCUT2D eigenvalue weighted by Crippen LogP contribution is 1.77. The Morgan fingerprint density at radius 2 is 2.43 bits per heavy atom. The van der Waals surface area contributed by atoms with E-state index in [9.17, 15) is 0 Å². The van der Waals surface area contributed by atoms with E-state index in [2.05, 4.69) is 34.4 Å². The molecule has 0 radical (unpaired) electrons. The predicted octanol–water partition coefficient (Wildman–Crippen LogP) is 2.18. The van der Waals surface area contributed by atoms with Crippen LogP contribution in [0.15, 0.2) is 11.6 Å². The zero-order valence-corrected chi connectivity index (χ0v) is 6.53. The Labute approximate surface area is 62.1 Å². The highest BCUT2D eigenvalue weighted by atomic mass is 127. The van der Waals surface area contributed by atoms with Gasteiger partial charge in [0.1, 0.15) is 0 Å². The maximum Gasteiger partial charge on any atom is 0.0613 e. The molecule has 0 rings (SSSR count). The van der Waals surface area contributed by atoms with Crippen LogP contribution >= 0.6 is 34.2 Å². The second-order valence-electron chi connectivity index (χ2n) is 0.747. The van der Waals surface area contributed by atoms with Crippen LogP contribution in [-0.2, 0) is 0 Å². The molecule has 0 aromatic carbocycles. The zero-order chi connectivity index (χ0) is 5.54. The van der Waals surface area contributed by atoms with Gasteiger partial charge < -0.3 is 0 Å². The summed E-state index contributed by atoms with van der Waals surface area (Å²) >= 11 is 7.33. The van der Waals surface area contributed by atoms with Crippen LogP contribution in [0.4, 0.5) is 0 Å². The molecule has 0 nitrogen and oxygen atoms in total. The van der Waals surface area contributed by atoms with Gasteiger partial charge in [0.2, 0.25) is 0 Å². The van der Waals surface area contributed by atoms with Crippen LogP contribution in [0.2, 0.25) is 0 Å². The first-order chi connectivity index (χ1) is 3.41. The van der Waals surface area contributed by atoms with Crippen LogP contribution in [0.5, 0.6) is 0 Å². The molecule has 0 atom stereocenters. The molecule has 7 heavy (non-hydrogen) atoms. The molecule has 0 fully saturated rings. The van der Waals surface area contributed by atoms with E-state index < -0.39 is 0 Å². The number of allylic oxidation sites excluding steroid dienone is 1. The number of rotatable bonds is 0. The normalized spacial score (nSPS) is 8.29. The number of hydrogen-bond acceptors (Lipinski definition) is 0. The summed E-state index contributed by atoms with van der Waals surface area (Å²) in [6.07, 6.45) is 1.61. The van der Waals surface area contributed by atoms with Gasteiger partial charge in [0.15, 0.2) is 0 Å². The van der Waals surface area contributed by atoms with E-state index in [-0.39, 0.29) is 0 Å². The van der Waals surface area contributed by atoms with Crippen LogP contribution in [-0.4, -0.2) is 4.43 Å². The molecule has 0 spiro atoms. The van der Waals surface area contributed by atoms with Gasteiger partial charge in [0.05, 0.1) is 4.43 Å². The van der Waals surface area contributed by atoms with Crippen molar-refractivity contribution in [1.29, 1.82) is 0 Å². The van der Waals surface area contributed by atoms with Gasteiger partial charge >= 0.3 is 0 Å². The smallest absolute Gasteiger partial charge is 0.0613 e. The SMILES string of the molecule is Cl/C=C\C#CCI. The summed E-state index contributed by atoms with van der Waals surface area (Å²) in [5, 5.41) is 0. The molecule has 0 aliphatic heterocycles. The lowest BCUT2D eigenvalue weighted by Gasteiger charge is -1.61. The molecule has 0 heterocycles. The molecule has 0 unspecified atom stereocenters. The first-order valence-corrected chi connectivity index (χ1v) is 3.67. The van der Waals surface area contributed by atoms with Crippen molar-refractivity contribution in [1.82, 2.24) is 0 Å². The maximum atomic E-state index is 5.15. The third-order valence-corrected chi connectivity index (χ3v) is 0.823. The molecular formula is C5H4ClI. The Bertz CT molecular complexity index is 107. The second-order valence-corrected chi connectivity index (χ2v) is 1.76. The summed E-state index contributed by atoms with van der Waals surface area (Å²) in [5.41, 5.74) is 1.40. The molecule has 0 aromatic heterocycles. The van der Waals surface area contributed by atoms with Crippen molar-refractivity contribution in [2.75, 3.05) is 4.43 Å². The quantitative estimate of drug-likeness (QED) is 0.337. The van der Waals surface area contributed by atoms with E-state index >= 15 is 0 Å². The Morgan fingerprint density at radius 3 is 2.86 bits per heavy atom. The van der Waals surface area contributed by atoms with Crippen molar-refractivity contribution in [2.24, 2.45) is 0 Å². The number of alkyl halides is 1. The average Bonchev–Trinajstić information content (AvgIpc) is 1.69. The van der Waals surface area contributed by atoms with Crippen LogP contribution in [0.3, 0.4) is 0 Å². The Hall–Kier alpha value is 0.320. The summed E-state index contributed by atoms with van der Waals surface area (Å²) in [4.78, 5) is 0. The van der Waals surface area contributed by atoms with Crippen LogP contribution in [0.1, 0.15) is 0 Å². The van der Waals surface area contributed by atoms with Crippen LogP contribution in [0.25, 0.3) is 0 Å². The van der Waals surface area contributed by atoms with Crippen LogP contribution in [0, 0.1) is 11.8 Å². The molecule has 0 bridgehead atoms. The predicted molar refractivity (Wildman–Crippen MR) is 41.7 cm³/mol. The Kier molecular flexibility index (Phi) is 6.61. The van der Waals surface area contributed by atoms with Gasteiger partial charge in [-0.2, -0.15) is 0 Å². The molecule has 0 aromatic rings. The van der Waals surface area contributed by atoms with Gasteiger partial charge in [0, 0.05) is 5.54 Å². The molecule has 0 amide bonds. The molecule has 2 heteroatoms. The Morgan fingerprint density at radius 1 is 1.71 bits per heavy atom. The number of halogens is 2. The summed E-state index contributed by atoms with van der Waals surface area (Å²) in [5.74, 6) is 5.53. The van der Waals surface area contributed by atoms with E-state index in [0.29, 0.717) is 0 Å². The second kappa shape index (κ2) is 6.32. The van der Waals surface area contributed by atoms with Crippen molar-refractivity contribution < 1.29 is 0 Å². The van der Waals surface area contributed by atoms with E-state index in [1.165, 1.54) is 5.54 Å². The largest absolute Gasteiger partial charge is 0.0923 e. The molecular weight excluding hydrogens is 222 g/mol. The summed E-state index contributed by atoms with van der Waals surface area (Å²) in [7, 11) is 0. The zero-order valence-electron chi connectivity index (χ0n) is 3.62. The standard InChI is InChI=1S/C5H4ClI/c6-4-2-1-3-5-7/h2,4H,5H2/b4-2-. The average molecular weight is 226 g/mol. The van der Waals surface area contributed by atoms with Crippen molar-refractivity contribution in [3.8, 4) is 11.8 Å². The van der Waals surface area contributed by atoms with Gasteiger partial charge in [-0.1, -0.05) is 46.0 Å². The molecule has 0 N–H and O–H groups in total. The van der Waals surface area contributed by atoms with Gasteiger partial charge in [-0.25, -0.2) is 0 Å². The third-order valence-electron chi connectivity index (χ3n) is 0.315. The number of hydrogen-bond donors (Lipinski definition) is 0. The van der Waals surface area contributed by atoms with Crippen molar-refractivity contribution >= 4 is 34.2 Å². The molecule has 0 aliphatic carbocycles. The molecule has 0 saturated carbocycles. The topological polar surface area (TPSA) is 0 Å². The molecule has 38 valence electrons. The minimum Gasteiger partial charge on any atom is -0.0923 e. The van der Waals surface area contributed by atoms with E-state index in [0.717, 1.165) is 4.43 Å². The summed E-state index contributed by atoms with van der Waals surface area (Å²) < 4.78 is 0.860. The van der Waals surface area contributed by atoms with Crippen LogP contribution < -0.4 is 0 Å². The minimum atomic E-state index is 0.860. The lowest BCUT2D eigenvalue weighted by Crippen LogP contribution is -1.53. The van der Waals surface area contributed by atoms with Gasteiger partial charge in [-0.05, 0) is 6.08 Å². The van der Waals surface area contributed by atoms with E-state index in [1.54, 1.807) is 6.08 Å². The van der Waals surface area contributed by atoms with Crippen molar-refractivity contribution in [3.05, 3.63) is 11.6 Å². The lowest BCUT2D eigenvalue weighted by molar-refractivity contribution is 2.02. The fourth-order valence-corrected chi connectivity index (χ4v) is 0.412. The van der Waals surface area contributed by atoms with Gasteiger partial charge in [-0.15, -0.1) is 0 Å². The first-order valence-electron chi connectivity index (χ1n) is 1.71. The van der Waals surface area contributed by atoms with E-state index in [1.807, 2.05) is 0 Å². The Balaban J connectivity index is 3.25. The summed E-state index contributed by atoms with van der Waals surface area (Å²) in [6, 6.07) is 0. The molecule has 0 saturated heterocycles. The van der Waals surface area contributed by atoms with Gasteiger partial charge in [0.25, 0.3) is 0 Å². The third kappa shape index (κ3) is 6.32. The molecule has 0 aliphatic rings. The van der Waals surface area contributed by atoms with Gasteiger partial charge in [-0.3, -0.25) is 0 Å². The fourth-order valence-electron chi connectivity index (χ4n) is 0.129. The monoisotopic (exact) mass is 226 g/mol. The highest BCUT2D eigenvalue weighted by molar-refractivity contribution is 14.1. The van der Waals surface area contributed by atoms with Crippen molar-refractivity contribution in [3.63, 3.8) is 0 Å². The fraction of sp³-hybridized carbons (Fsp3) is 0.200. The summed E-state index contributed by atoms with van der Waals surface area (Å²) in [6.45, 7) is 0. The lowest BCUT2D eigenvalue weighted by atomic mass is 10.6. The van der Waals surface area contributed by atoms with Crippen molar-refractivity contribution in [2.45, 2.75) is 0 Å². The minimum absolute atomic E-state index is 0.860. The maximum absolute atomic E-state index is 5.15.